The van der Waals surface area contributed by atoms with E-state index in [4.69, 9.17) is 9.47 Å². The lowest BCUT2D eigenvalue weighted by atomic mass is 10.1. The lowest BCUT2D eigenvalue weighted by Gasteiger charge is -2.28. The average Bonchev–Trinajstić information content (AvgIpc) is 2.77. The van der Waals surface area contributed by atoms with Crippen molar-refractivity contribution in [1.29, 1.82) is 0 Å². The smallest absolute Gasteiger partial charge is 0.258 e. The number of nitrogens with zero attached hydrogens (tertiary/aromatic N) is 2. The second-order valence-corrected chi connectivity index (χ2v) is 6.70. The van der Waals surface area contributed by atoms with Crippen LogP contribution in [0.5, 0.6) is 5.75 Å². The van der Waals surface area contributed by atoms with Crippen molar-refractivity contribution in [2.24, 2.45) is 0 Å². The van der Waals surface area contributed by atoms with Crippen LogP contribution in [0.3, 0.4) is 0 Å². The van der Waals surface area contributed by atoms with Gasteiger partial charge in [0.25, 0.3) is 5.91 Å². The fraction of sp³-hybridized carbons (Fsp3) is 0.273. The molecule has 4 rings (SSSR count). The summed E-state index contributed by atoms with van der Waals surface area (Å²) >= 11 is 0. The molecule has 0 spiro atoms. The highest BCUT2D eigenvalue weighted by atomic mass is 16.5. The number of benzene rings is 2. The summed E-state index contributed by atoms with van der Waals surface area (Å²) in [4.78, 5) is 18.8. The number of carbonyl (C=O) groups is 1. The van der Waals surface area contributed by atoms with Gasteiger partial charge in [0.1, 0.15) is 11.6 Å². The molecule has 1 saturated heterocycles. The number of morpholine rings is 1. The summed E-state index contributed by atoms with van der Waals surface area (Å²) in [5.41, 5.74) is 1.01. The maximum absolute atomic E-state index is 12.2. The van der Waals surface area contributed by atoms with Gasteiger partial charge in [-0.05, 0) is 40.6 Å². The molecule has 2 heterocycles. The number of rotatable bonds is 6. The first-order chi connectivity index (χ1) is 13.8. The van der Waals surface area contributed by atoms with Gasteiger partial charge in [0.15, 0.2) is 6.61 Å². The van der Waals surface area contributed by atoms with Gasteiger partial charge in [-0.3, -0.25) is 4.79 Å². The van der Waals surface area contributed by atoms with E-state index < -0.39 is 0 Å². The Hall–Kier alpha value is -3.12. The van der Waals surface area contributed by atoms with E-state index in [1.165, 1.54) is 0 Å². The highest BCUT2D eigenvalue weighted by Crippen LogP contribution is 2.20. The highest BCUT2D eigenvalue weighted by Gasteiger charge is 2.12. The molecule has 6 nitrogen and oxygen atoms in total. The predicted octanol–water partition coefficient (Wildman–Crippen LogP) is 2.77. The maximum atomic E-state index is 12.2. The molecule has 6 heteroatoms. The van der Waals surface area contributed by atoms with Gasteiger partial charge in [-0.1, -0.05) is 30.3 Å². The van der Waals surface area contributed by atoms with Crippen LogP contribution in [0.15, 0.2) is 60.8 Å². The Labute approximate surface area is 164 Å². The minimum absolute atomic E-state index is 0.0141. The Balaban J connectivity index is 1.29. The van der Waals surface area contributed by atoms with Crippen LogP contribution in [0.2, 0.25) is 0 Å². The quantitative estimate of drug-likeness (QED) is 0.716. The van der Waals surface area contributed by atoms with E-state index >= 15 is 0 Å². The van der Waals surface area contributed by atoms with E-state index in [2.05, 4.69) is 15.2 Å². The van der Waals surface area contributed by atoms with Gasteiger partial charge < -0.3 is 19.7 Å². The number of fused-ring (bicyclic) bond motifs is 1. The van der Waals surface area contributed by atoms with Crippen LogP contribution >= 0.6 is 0 Å². The van der Waals surface area contributed by atoms with Gasteiger partial charge in [0.05, 0.1) is 13.2 Å². The van der Waals surface area contributed by atoms with Crippen molar-refractivity contribution >= 4 is 22.5 Å². The molecule has 1 amide bonds. The summed E-state index contributed by atoms with van der Waals surface area (Å²) in [7, 11) is 0. The zero-order chi connectivity index (χ0) is 19.2. The Bertz CT molecular complexity index is 954. The normalized spacial score (nSPS) is 14.1. The minimum Gasteiger partial charge on any atom is -0.484 e. The molecule has 1 fully saturated rings. The number of amides is 1. The van der Waals surface area contributed by atoms with Crippen molar-refractivity contribution in [3.63, 3.8) is 0 Å². The lowest BCUT2D eigenvalue weighted by molar-refractivity contribution is -0.123. The molecule has 0 atom stereocenters. The van der Waals surface area contributed by atoms with Crippen LogP contribution in [0.1, 0.15) is 5.56 Å². The highest BCUT2D eigenvalue weighted by molar-refractivity contribution is 5.84. The Morgan fingerprint density at radius 2 is 1.89 bits per heavy atom. The van der Waals surface area contributed by atoms with Crippen LogP contribution in [0.4, 0.5) is 5.82 Å². The van der Waals surface area contributed by atoms with Gasteiger partial charge >= 0.3 is 0 Å². The first kappa shape index (κ1) is 18.3. The number of aromatic nitrogens is 1. The summed E-state index contributed by atoms with van der Waals surface area (Å²) in [5, 5.41) is 5.14. The van der Waals surface area contributed by atoms with Crippen LogP contribution in [-0.4, -0.2) is 43.8 Å². The maximum Gasteiger partial charge on any atom is 0.258 e. The molecule has 2 aromatic carbocycles. The van der Waals surface area contributed by atoms with Crippen molar-refractivity contribution < 1.29 is 14.3 Å². The number of hydrogen-bond donors (Lipinski definition) is 1. The van der Waals surface area contributed by atoms with Gasteiger partial charge in [0, 0.05) is 25.8 Å². The zero-order valence-electron chi connectivity index (χ0n) is 15.6. The standard InChI is InChI=1S/C22H23N3O3/c26-22(16-28-20-6-5-18-3-1-2-4-19(18)14-20)24-15-17-7-8-23-21(13-17)25-9-11-27-12-10-25/h1-8,13-14H,9-12,15-16H2,(H,24,26). The van der Waals surface area contributed by atoms with Crippen molar-refractivity contribution in [1.82, 2.24) is 10.3 Å². The predicted molar refractivity (Wildman–Crippen MR) is 109 cm³/mol. The van der Waals surface area contributed by atoms with Crippen LogP contribution < -0.4 is 15.0 Å². The molecule has 1 aromatic heterocycles. The van der Waals surface area contributed by atoms with Crippen molar-refractivity contribution in [2.75, 3.05) is 37.8 Å². The second kappa shape index (κ2) is 8.71. The van der Waals surface area contributed by atoms with E-state index in [-0.39, 0.29) is 12.5 Å². The number of pyridine rings is 1. The topological polar surface area (TPSA) is 63.7 Å². The fourth-order valence-corrected chi connectivity index (χ4v) is 3.19. The van der Waals surface area contributed by atoms with Crippen LogP contribution in [0.25, 0.3) is 10.8 Å². The van der Waals surface area contributed by atoms with Crippen molar-refractivity contribution in [2.45, 2.75) is 6.54 Å². The monoisotopic (exact) mass is 377 g/mol. The van der Waals surface area contributed by atoms with Crippen molar-refractivity contribution in [3.8, 4) is 5.75 Å². The SMILES string of the molecule is O=C(COc1ccc2ccccc2c1)NCc1ccnc(N2CCOCC2)c1. The molecule has 0 bridgehead atoms. The first-order valence-corrected chi connectivity index (χ1v) is 9.44. The van der Waals surface area contributed by atoms with Crippen LogP contribution in [-0.2, 0) is 16.1 Å². The van der Waals surface area contributed by atoms with E-state index in [0.29, 0.717) is 12.3 Å². The Morgan fingerprint density at radius 3 is 2.75 bits per heavy atom. The molecule has 0 radical (unpaired) electrons. The van der Waals surface area contributed by atoms with Gasteiger partial charge in [-0.15, -0.1) is 0 Å². The second-order valence-electron chi connectivity index (χ2n) is 6.70. The molecule has 0 unspecified atom stereocenters. The van der Waals surface area contributed by atoms with Crippen LogP contribution in [0, 0.1) is 0 Å². The Morgan fingerprint density at radius 1 is 1.07 bits per heavy atom. The number of nitrogens with one attached hydrogen (secondary N) is 1. The minimum atomic E-state index is -0.155. The lowest BCUT2D eigenvalue weighted by Crippen LogP contribution is -2.36. The summed E-state index contributed by atoms with van der Waals surface area (Å²) in [6, 6.07) is 17.8. The third-order valence-corrected chi connectivity index (χ3v) is 4.73. The molecule has 28 heavy (non-hydrogen) atoms. The molecule has 0 saturated carbocycles. The number of anilines is 1. The summed E-state index contributed by atoms with van der Waals surface area (Å²) in [6.07, 6.45) is 1.78. The van der Waals surface area contributed by atoms with E-state index in [9.17, 15) is 4.79 Å². The van der Waals surface area contributed by atoms with Crippen molar-refractivity contribution in [3.05, 3.63) is 66.4 Å². The molecule has 0 aliphatic carbocycles. The molecular formula is C22H23N3O3. The van der Waals surface area contributed by atoms with E-state index in [1.807, 2.05) is 54.6 Å². The number of carbonyl (C=O) groups excluding carboxylic acids is 1. The molecule has 1 aliphatic heterocycles. The first-order valence-electron chi connectivity index (χ1n) is 9.44. The molecular weight excluding hydrogens is 354 g/mol. The summed E-state index contributed by atoms with van der Waals surface area (Å²) in [5.74, 6) is 1.45. The Kier molecular flexibility index (Phi) is 5.68. The summed E-state index contributed by atoms with van der Waals surface area (Å²) in [6.45, 7) is 3.54. The van der Waals surface area contributed by atoms with Gasteiger partial charge in [-0.2, -0.15) is 0 Å². The fourth-order valence-electron chi connectivity index (χ4n) is 3.19. The molecule has 144 valence electrons. The molecule has 1 aliphatic rings. The van der Waals surface area contributed by atoms with Gasteiger partial charge in [-0.25, -0.2) is 4.98 Å². The molecule has 3 aromatic rings. The third-order valence-electron chi connectivity index (χ3n) is 4.73. The van der Waals surface area contributed by atoms with E-state index in [1.54, 1.807) is 6.20 Å². The third kappa shape index (κ3) is 4.58. The molecule has 1 N–H and O–H groups in total. The largest absolute Gasteiger partial charge is 0.484 e. The number of hydrogen-bond acceptors (Lipinski definition) is 5. The zero-order valence-corrected chi connectivity index (χ0v) is 15.6. The summed E-state index contributed by atoms with van der Waals surface area (Å²) < 4.78 is 11.0. The average molecular weight is 377 g/mol. The van der Waals surface area contributed by atoms with Gasteiger partial charge in [0.2, 0.25) is 0 Å². The number of ether oxygens (including phenoxy) is 2. The van der Waals surface area contributed by atoms with E-state index in [0.717, 1.165) is 48.5 Å².